The summed E-state index contributed by atoms with van der Waals surface area (Å²) in [5, 5.41) is 0.857. The second-order valence-corrected chi connectivity index (χ2v) is 7.88. The highest BCUT2D eigenvalue weighted by Gasteiger charge is 2.48. The van der Waals surface area contributed by atoms with Crippen molar-refractivity contribution in [3.63, 3.8) is 0 Å². The molecule has 1 atom stereocenters. The number of nitrogens with zero attached hydrogens (tertiary/aromatic N) is 3. The fraction of sp³-hybridized carbons (Fsp3) is 0.190. The van der Waals surface area contributed by atoms with E-state index in [1.54, 1.807) is 48.8 Å². The molecular weight excluding hydrogens is 413 g/mol. The molecular formula is C21H17Cl2N3O3. The Morgan fingerprint density at radius 3 is 2.59 bits per heavy atom. The molecule has 0 saturated heterocycles. The van der Waals surface area contributed by atoms with Crippen molar-refractivity contribution < 1.29 is 14.3 Å². The van der Waals surface area contributed by atoms with E-state index in [2.05, 4.69) is 4.98 Å². The molecule has 1 amide bonds. The Labute approximate surface area is 177 Å². The zero-order chi connectivity index (χ0) is 20.8. The zero-order valence-corrected chi connectivity index (χ0v) is 17.2. The molecule has 1 aliphatic heterocycles. The molecule has 8 heteroatoms. The Kier molecular flexibility index (Phi) is 4.84. The van der Waals surface area contributed by atoms with Crippen molar-refractivity contribution in [3.05, 3.63) is 76.0 Å². The predicted molar refractivity (Wildman–Crippen MR) is 111 cm³/mol. The first kappa shape index (κ1) is 19.5. The number of esters is 1. The standard InChI is InChI=1S/C21H17Cl2N3O3/c1-21(12-13-4-3-5-14(8-13)18(27)29-2)19(28)26(20-24-6-7-25(20)21)17-10-15(22)9-16(23)11-17/h3-11H,12H2,1-2H3/t21-/m1/s1. The van der Waals surface area contributed by atoms with Crippen molar-refractivity contribution in [2.75, 3.05) is 12.0 Å². The van der Waals surface area contributed by atoms with Crippen molar-refractivity contribution in [3.8, 4) is 0 Å². The van der Waals surface area contributed by atoms with Crippen molar-refractivity contribution >= 4 is 46.7 Å². The summed E-state index contributed by atoms with van der Waals surface area (Å²) in [6, 6.07) is 12.0. The van der Waals surface area contributed by atoms with Crippen molar-refractivity contribution in [2.45, 2.75) is 18.9 Å². The first-order chi connectivity index (χ1) is 13.8. The monoisotopic (exact) mass is 429 g/mol. The van der Waals surface area contributed by atoms with Gasteiger partial charge in [-0.15, -0.1) is 0 Å². The number of methoxy groups -OCH3 is 1. The van der Waals surface area contributed by atoms with E-state index < -0.39 is 11.5 Å². The van der Waals surface area contributed by atoms with Crippen molar-refractivity contribution in [2.24, 2.45) is 0 Å². The van der Waals surface area contributed by atoms with Gasteiger partial charge in [0.1, 0.15) is 5.54 Å². The second kappa shape index (κ2) is 7.21. The Hall–Kier alpha value is -2.83. The van der Waals surface area contributed by atoms with Gasteiger partial charge < -0.3 is 9.30 Å². The summed E-state index contributed by atoms with van der Waals surface area (Å²) in [5.74, 6) is -0.101. The Balaban J connectivity index is 1.75. The van der Waals surface area contributed by atoms with Gasteiger partial charge in [-0.2, -0.15) is 0 Å². The molecule has 29 heavy (non-hydrogen) atoms. The summed E-state index contributed by atoms with van der Waals surface area (Å²) < 4.78 is 6.62. The maximum absolute atomic E-state index is 13.5. The van der Waals surface area contributed by atoms with Crippen LogP contribution in [0.4, 0.5) is 11.6 Å². The van der Waals surface area contributed by atoms with E-state index in [0.717, 1.165) is 5.56 Å². The molecule has 2 aromatic carbocycles. The highest BCUT2D eigenvalue weighted by Crippen LogP contribution is 2.42. The van der Waals surface area contributed by atoms with E-state index in [0.29, 0.717) is 33.7 Å². The second-order valence-electron chi connectivity index (χ2n) is 7.01. The topological polar surface area (TPSA) is 64.4 Å². The van der Waals surface area contributed by atoms with Crippen LogP contribution in [-0.4, -0.2) is 28.5 Å². The Morgan fingerprint density at radius 1 is 1.17 bits per heavy atom. The molecule has 148 valence electrons. The van der Waals surface area contributed by atoms with Crippen LogP contribution in [-0.2, 0) is 21.5 Å². The number of carbonyl (C=O) groups excluding carboxylic acids is 2. The minimum absolute atomic E-state index is 0.164. The lowest BCUT2D eigenvalue weighted by Gasteiger charge is -2.25. The molecule has 2 heterocycles. The fourth-order valence-electron chi connectivity index (χ4n) is 3.67. The van der Waals surface area contributed by atoms with Gasteiger partial charge in [-0.25, -0.2) is 14.7 Å². The highest BCUT2D eigenvalue weighted by molar-refractivity contribution is 6.35. The number of anilines is 2. The molecule has 0 fully saturated rings. The summed E-state index contributed by atoms with van der Waals surface area (Å²) in [5.41, 5.74) is 0.875. The molecule has 3 aromatic rings. The minimum Gasteiger partial charge on any atom is -0.465 e. The molecule has 0 aliphatic carbocycles. The quantitative estimate of drug-likeness (QED) is 0.567. The van der Waals surface area contributed by atoms with Crippen molar-refractivity contribution in [1.29, 1.82) is 0 Å². The molecule has 0 saturated carbocycles. The fourth-order valence-corrected chi connectivity index (χ4v) is 4.18. The largest absolute Gasteiger partial charge is 0.465 e. The van der Waals surface area contributed by atoms with Crippen LogP contribution in [0.1, 0.15) is 22.8 Å². The third kappa shape index (κ3) is 3.28. The van der Waals surface area contributed by atoms with Crippen LogP contribution in [0.15, 0.2) is 54.9 Å². The van der Waals surface area contributed by atoms with Crippen LogP contribution in [0.3, 0.4) is 0 Å². The molecule has 1 aliphatic rings. The average Bonchev–Trinajstić information content (AvgIpc) is 3.23. The number of rotatable bonds is 4. The molecule has 0 N–H and O–H groups in total. The number of imidazole rings is 1. The maximum atomic E-state index is 13.5. The average molecular weight is 430 g/mol. The van der Waals surface area contributed by atoms with E-state index in [4.69, 9.17) is 27.9 Å². The minimum atomic E-state index is -0.935. The van der Waals surface area contributed by atoms with Crippen LogP contribution >= 0.6 is 23.2 Å². The maximum Gasteiger partial charge on any atom is 0.337 e. The Bertz CT molecular complexity index is 1110. The van der Waals surface area contributed by atoms with Crippen LogP contribution in [0.25, 0.3) is 0 Å². The molecule has 4 rings (SSSR count). The third-order valence-corrected chi connectivity index (χ3v) is 5.46. The van der Waals surface area contributed by atoms with E-state index in [1.165, 1.54) is 12.0 Å². The lowest BCUT2D eigenvalue weighted by atomic mass is 9.91. The first-order valence-electron chi connectivity index (χ1n) is 8.85. The molecule has 0 bridgehead atoms. The number of aromatic nitrogens is 2. The summed E-state index contributed by atoms with van der Waals surface area (Å²) in [4.78, 5) is 31.3. The number of halogens is 2. The van der Waals surface area contributed by atoms with Gasteiger partial charge in [0.2, 0.25) is 5.95 Å². The van der Waals surface area contributed by atoms with Gasteiger partial charge in [-0.3, -0.25) is 4.79 Å². The number of hydrogen-bond donors (Lipinski definition) is 0. The molecule has 0 spiro atoms. The number of hydrogen-bond acceptors (Lipinski definition) is 4. The smallest absolute Gasteiger partial charge is 0.337 e. The van der Waals surface area contributed by atoms with Gasteiger partial charge in [-0.05, 0) is 42.8 Å². The third-order valence-electron chi connectivity index (χ3n) is 5.02. The normalized spacial score (nSPS) is 18.1. The highest BCUT2D eigenvalue weighted by atomic mass is 35.5. The van der Waals surface area contributed by atoms with E-state index in [-0.39, 0.29) is 5.91 Å². The molecule has 0 unspecified atom stereocenters. The van der Waals surface area contributed by atoms with E-state index >= 15 is 0 Å². The summed E-state index contributed by atoms with van der Waals surface area (Å²) >= 11 is 12.3. The van der Waals surface area contributed by atoms with Gasteiger partial charge in [0.05, 0.1) is 18.4 Å². The van der Waals surface area contributed by atoms with Crippen LogP contribution in [0, 0.1) is 0 Å². The van der Waals surface area contributed by atoms with Gasteiger partial charge in [0, 0.05) is 28.9 Å². The van der Waals surface area contributed by atoms with Gasteiger partial charge in [0.25, 0.3) is 5.91 Å². The van der Waals surface area contributed by atoms with E-state index in [9.17, 15) is 9.59 Å². The van der Waals surface area contributed by atoms with Crippen LogP contribution < -0.4 is 4.90 Å². The SMILES string of the molecule is COC(=O)c1cccc(C[C@]2(C)C(=O)N(c3cc(Cl)cc(Cl)c3)c3nccn32)c1. The number of benzene rings is 2. The van der Waals surface area contributed by atoms with E-state index in [1.807, 2.05) is 17.6 Å². The number of ether oxygens (including phenoxy) is 1. The lowest BCUT2D eigenvalue weighted by Crippen LogP contribution is -2.40. The number of fused-ring (bicyclic) bond motifs is 1. The summed E-state index contributed by atoms with van der Waals surface area (Å²) in [7, 11) is 1.34. The predicted octanol–water partition coefficient (Wildman–Crippen LogP) is 4.61. The van der Waals surface area contributed by atoms with Gasteiger partial charge in [0.15, 0.2) is 0 Å². The van der Waals surface area contributed by atoms with Crippen LogP contribution in [0.2, 0.25) is 10.0 Å². The molecule has 0 radical (unpaired) electrons. The van der Waals surface area contributed by atoms with Gasteiger partial charge in [-0.1, -0.05) is 35.3 Å². The summed E-state index contributed by atoms with van der Waals surface area (Å²) in [6.45, 7) is 1.84. The zero-order valence-electron chi connectivity index (χ0n) is 15.7. The number of carbonyl (C=O) groups is 2. The number of amides is 1. The van der Waals surface area contributed by atoms with Crippen molar-refractivity contribution in [1.82, 2.24) is 9.55 Å². The van der Waals surface area contributed by atoms with Gasteiger partial charge >= 0.3 is 5.97 Å². The summed E-state index contributed by atoms with van der Waals surface area (Å²) in [6.07, 6.45) is 3.78. The molecule has 1 aromatic heterocycles. The van der Waals surface area contributed by atoms with Crippen LogP contribution in [0.5, 0.6) is 0 Å². The Morgan fingerprint density at radius 2 is 1.90 bits per heavy atom. The molecule has 6 nitrogen and oxygen atoms in total. The lowest BCUT2D eigenvalue weighted by molar-refractivity contribution is -0.123. The first-order valence-corrected chi connectivity index (χ1v) is 9.61.